The number of methoxy groups -OCH3 is 1. The van der Waals surface area contributed by atoms with E-state index in [1.807, 2.05) is 0 Å². The summed E-state index contributed by atoms with van der Waals surface area (Å²) in [5.41, 5.74) is 0. The summed E-state index contributed by atoms with van der Waals surface area (Å²) >= 11 is 0. The first-order chi connectivity index (χ1) is 8.69. The molecule has 1 N–H and O–H groups in total. The quantitative estimate of drug-likeness (QED) is 0.830. The fraction of sp³-hybridized carbons (Fsp3) is 0.583. The van der Waals surface area contributed by atoms with E-state index >= 15 is 0 Å². The summed E-state index contributed by atoms with van der Waals surface area (Å²) in [6, 6.07) is 3.76. The first-order valence-electron chi connectivity index (χ1n) is 5.94. The van der Waals surface area contributed by atoms with Crippen LogP contribution in [0.2, 0.25) is 0 Å². The van der Waals surface area contributed by atoms with Crippen molar-refractivity contribution in [3.05, 3.63) is 23.7 Å². The van der Waals surface area contributed by atoms with Gasteiger partial charge in [0.15, 0.2) is 0 Å². The van der Waals surface area contributed by atoms with Gasteiger partial charge < -0.3 is 14.5 Å². The Morgan fingerprint density at radius 3 is 2.89 bits per heavy atom. The summed E-state index contributed by atoms with van der Waals surface area (Å²) < 4.78 is 21.1. The lowest BCUT2D eigenvalue weighted by molar-refractivity contribution is 0.0562. The van der Waals surface area contributed by atoms with Crippen molar-refractivity contribution in [1.29, 1.82) is 0 Å². The maximum atomic E-state index is 11.2. The van der Waals surface area contributed by atoms with Gasteiger partial charge in [0.05, 0.1) is 13.7 Å². The smallest absolute Gasteiger partial charge is 0.373 e. The van der Waals surface area contributed by atoms with E-state index in [1.165, 1.54) is 7.11 Å². The van der Waals surface area contributed by atoms with Crippen molar-refractivity contribution in [1.82, 2.24) is 5.32 Å². The average Bonchev–Trinajstić information content (AvgIpc) is 2.86. The van der Waals surface area contributed by atoms with Crippen molar-refractivity contribution in [2.45, 2.75) is 25.4 Å². The highest BCUT2D eigenvalue weighted by Crippen LogP contribution is 2.12. The molecule has 1 aromatic heterocycles. The lowest BCUT2D eigenvalue weighted by Crippen LogP contribution is -2.35. The van der Waals surface area contributed by atoms with Crippen molar-refractivity contribution in [3.63, 3.8) is 0 Å². The number of hydrogen-bond donors (Lipinski definition) is 1. The third-order valence-electron chi connectivity index (χ3n) is 3.00. The summed E-state index contributed by atoms with van der Waals surface area (Å²) in [5.74, 6) is 2.00. The average molecular weight is 271 g/mol. The second-order valence-electron chi connectivity index (χ2n) is 4.26. The minimum absolute atomic E-state index is 0.221. The standard InChI is InChI=1S/C12H17NO4S/c1-16-12(14)11-3-2-10(17-11)8-13-9-4-6-18(15)7-5-9/h2-3,9,13H,4-8H2,1H3. The number of esters is 1. The van der Waals surface area contributed by atoms with Crippen LogP contribution in [0.5, 0.6) is 0 Å². The molecule has 0 amide bonds. The van der Waals surface area contributed by atoms with E-state index in [0.717, 1.165) is 24.3 Å². The van der Waals surface area contributed by atoms with Crippen molar-refractivity contribution in [2.24, 2.45) is 0 Å². The summed E-state index contributed by atoms with van der Waals surface area (Å²) in [7, 11) is 0.687. The Hall–Kier alpha value is -1.14. The number of ether oxygens (including phenoxy) is 1. The lowest BCUT2D eigenvalue weighted by atomic mass is 10.1. The maximum absolute atomic E-state index is 11.2. The van der Waals surface area contributed by atoms with Gasteiger partial charge in [-0.1, -0.05) is 0 Å². The molecule has 1 aliphatic rings. The monoisotopic (exact) mass is 271 g/mol. The normalized spacial score (nSPS) is 23.8. The van der Waals surface area contributed by atoms with Crippen LogP contribution in [0.3, 0.4) is 0 Å². The topological polar surface area (TPSA) is 68.5 Å². The van der Waals surface area contributed by atoms with Crippen LogP contribution in [0.25, 0.3) is 0 Å². The minimum atomic E-state index is -0.637. The molecule has 18 heavy (non-hydrogen) atoms. The van der Waals surface area contributed by atoms with Crippen LogP contribution in [0.15, 0.2) is 16.5 Å². The molecule has 0 saturated carbocycles. The molecular weight excluding hydrogens is 254 g/mol. The second kappa shape index (κ2) is 6.15. The van der Waals surface area contributed by atoms with E-state index in [0.29, 0.717) is 18.3 Å². The van der Waals surface area contributed by atoms with Gasteiger partial charge >= 0.3 is 5.97 Å². The molecule has 0 aliphatic carbocycles. The molecular formula is C12H17NO4S. The molecule has 0 unspecified atom stereocenters. The largest absolute Gasteiger partial charge is 0.463 e. The number of furan rings is 1. The van der Waals surface area contributed by atoms with E-state index in [9.17, 15) is 9.00 Å². The molecule has 0 spiro atoms. The predicted octanol–water partition coefficient (Wildman–Crippen LogP) is 1.07. The van der Waals surface area contributed by atoms with Gasteiger partial charge in [-0.05, 0) is 25.0 Å². The first-order valence-corrected chi connectivity index (χ1v) is 7.43. The lowest BCUT2D eigenvalue weighted by Gasteiger charge is -2.21. The van der Waals surface area contributed by atoms with Crippen LogP contribution in [-0.2, 0) is 22.1 Å². The highest BCUT2D eigenvalue weighted by Gasteiger charge is 2.18. The van der Waals surface area contributed by atoms with E-state index < -0.39 is 16.8 Å². The molecule has 1 aromatic rings. The number of hydrogen-bond acceptors (Lipinski definition) is 5. The third-order valence-corrected chi connectivity index (χ3v) is 4.38. The van der Waals surface area contributed by atoms with Crippen LogP contribution in [0.1, 0.15) is 29.2 Å². The van der Waals surface area contributed by atoms with Gasteiger partial charge in [-0.2, -0.15) is 0 Å². The Kier molecular flexibility index (Phi) is 4.54. The number of carbonyl (C=O) groups is 1. The van der Waals surface area contributed by atoms with E-state index in [1.54, 1.807) is 12.1 Å². The van der Waals surface area contributed by atoms with Gasteiger partial charge in [-0.15, -0.1) is 0 Å². The molecule has 1 saturated heterocycles. The molecule has 5 nitrogen and oxygen atoms in total. The summed E-state index contributed by atoms with van der Waals surface area (Å²) in [5, 5.41) is 3.35. The van der Waals surface area contributed by atoms with Crippen LogP contribution in [-0.4, -0.2) is 34.8 Å². The fourth-order valence-electron chi connectivity index (χ4n) is 1.93. The van der Waals surface area contributed by atoms with Crippen LogP contribution in [0, 0.1) is 0 Å². The van der Waals surface area contributed by atoms with Gasteiger partial charge in [-0.25, -0.2) is 4.79 Å². The fourth-order valence-corrected chi connectivity index (χ4v) is 3.23. The second-order valence-corrected chi connectivity index (χ2v) is 5.96. The van der Waals surface area contributed by atoms with Gasteiger partial charge in [0.25, 0.3) is 0 Å². The SMILES string of the molecule is COC(=O)c1ccc(CNC2CCS(=O)CC2)o1. The zero-order valence-electron chi connectivity index (χ0n) is 10.3. The number of carbonyl (C=O) groups excluding carboxylic acids is 1. The van der Waals surface area contributed by atoms with Crippen molar-refractivity contribution in [3.8, 4) is 0 Å². The molecule has 1 fully saturated rings. The van der Waals surface area contributed by atoms with Crippen molar-refractivity contribution in [2.75, 3.05) is 18.6 Å². The van der Waals surface area contributed by atoms with Crippen molar-refractivity contribution >= 4 is 16.8 Å². The molecule has 100 valence electrons. The van der Waals surface area contributed by atoms with Gasteiger partial charge in [-0.3, -0.25) is 4.21 Å². The van der Waals surface area contributed by atoms with Crippen LogP contribution < -0.4 is 5.32 Å². The molecule has 0 aromatic carbocycles. The highest BCUT2D eigenvalue weighted by atomic mass is 32.2. The van der Waals surface area contributed by atoms with Gasteiger partial charge in [0.1, 0.15) is 5.76 Å². The first kappa shape index (κ1) is 13.3. The molecule has 0 atom stereocenters. The summed E-state index contributed by atoms with van der Waals surface area (Å²) in [6.45, 7) is 0.578. The highest BCUT2D eigenvalue weighted by molar-refractivity contribution is 7.85. The van der Waals surface area contributed by atoms with Gasteiger partial charge in [0, 0.05) is 28.3 Å². The van der Waals surface area contributed by atoms with Crippen molar-refractivity contribution < 1.29 is 18.2 Å². The third kappa shape index (κ3) is 3.43. The zero-order valence-corrected chi connectivity index (χ0v) is 11.1. The Balaban J connectivity index is 1.81. The van der Waals surface area contributed by atoms with Crippen LogP contribution in [0.4, 0.5) is 0 Å². The minimum Gasteiger partial charge on any atom is -0.463 e. The van der Waals surface area contributed by atoms with Gasteiger partial charge in [0.2, 0.25) is 5.76 Å². The maximum Gasteiger partial charge on any atom is 0.373 e. The number of nitrogens with one attached hydrogen (secondary N) is 1. The van der Waals surface area contributed by atoms with E-state index in [-0.39, 0.29) is 5.76 Å². The molecule has 1 aliphatic heterocycles. The Bertz CT molecular complexity index is 433. The molecule has 2 heterocycles. The van der Waals surface area contributed by atoms with Crippen LogP contribution >= 0.6 is 0 Å². The molecule has 2 rings (SSSR count). The zero-order chi connectivity index (χ0) is 13.0. The molecule has 0 radical (unpaired) electrons. The Morgan fingerprint density at radius 1 is 1.50 bits per heavy atom. The Morgan fingerprint density at radius 2 is 2.22 bits per heavy atom. The molecule has 6 heteroatoms. The summed E-state index contributed by atoms with van der Waals surface area (Å²) in [4.78, 5) is 11.2. The Labute approximate surface area is 108 Å². The van der Waals surface area contributed by atoms with E-state index in [4.69, 9.17) is 4.42 Å². The molecule has 0 bridgehead atoms. The summed E-state index contributed by atoms with van der Waals surface area (Å²) in [6.07, 6.45) is 1.86. The van der Waals surface area contributed by atoms with E-state index in [2.05, 4.69) is 10.1 Å². The predicted molar refractivity (Wildman–Crippen MR) is 67.8 cm³/mol. The number of rotatable bonds is 4.